The standard InChI is InChI=1S/C14H23FN2O/c1-10(2)17(4)14-7-6-12(8-13(14)15)16-11(3)9-18-5/h6-8,10-11,16H,9H2,1-5H3. The molecular weight excluding hydrogens is 231 g/mol. The second-order valence-corrected chi connectivity index (χ2v) is 4.87. The van der Waals surface area contributed by atoms with E-state index in [0.29, 0.717) is 12.3 Å². The van der Waals surface area contributed by atoms with Gasteiger partial charge in [-0.1, -0.05) is 0 Å². The van der Waals surface area contributed by atoms with Crippen molar-refractivity contribution in [3.8, 4) is 0 Å². The molecule has 0 aromatic heterocycles. The van der Waals surface area contributed by atoms with Crippen LogP contribution in [-0.2, 0) is 4.74 Å². The number of halogens is 1. The lowest BCUT2D eigenvalue weighted by atomic mass is 10.2. The number of anilines is 2. The van der Waals surface area contributed by atoms with E-state index >= 15 is 0 Å². The SMILES string of the molecule is COCC(C)Nc1ccc(N(C)C(C)C)c(F)c1. The van der Waals surface area contributed by atoms with Crippen LogP contribution in [0.5, 0.6) is 0 Å². The van der Waals surface area contributed by atoms with E-state index in [1.165, 1.54) is 6.07 Å². The Kier molecular flexibility index (Phi) is 5.41. The number of nitrogens with one attached hydrogen (secondary N) is 1. The van der Waals surface area contributed by atoms with Gasteiger partial charge in [-0.05, 0) is 39.0 Å². The van der Waals surface area contributed by atoms with Gasteiger partial charge in [0, 0.05) is 31.9 Å². The Labute approximate surface area is 109 Å². The van der Waals surface area contributed by atoms with E-state index in [4.69, 9.17) is 4.74 Å². The molecule has 1 rings (SSSR count). The highest BCUT2D eigenvalue weighted by atomic mass is 19.1. The number of hydrogen-bond donors (Lipinski definition) is 1. The summed E-state index contributed by atoms with van der Waals surface area (Å²) in [5.74, 6) is -0.208. The minimum Gasteiger partial charge on any atom is -0.383 e. The van der Waals surface area contributed by atoms with Crippen molar-refractivity contribution < 1.29 is 9.13 Å². The van der Waals surface area contributed by atoms with Crippen molar-refractivity contribution in [3.05, 3.63) is 24.0 Å². The summed E-state index contributed by atoms with van der Waals surface area (Å²) in [4.78, 5) is 1.91. The molecule has 0 saturated heterocycles. The number of rotatable bonds is 6. The predicted molar refractivity (Wildman–Crippen MR) is 74.9 cm³/mol. The molecule has 4 heteroatoms. The smallest absolute Gasteiger partial charge is 0.148 e. The summed E-state index contributed by atoms with van der Waals surface area (Å²) in [6.07, 6.45) is 0. The van der Waals surface area contributed by atoms with Crippen LogP contribution in [0.2, 0.25) is 0 Å². The average molecular weight is 254 g/mol. The molecule has 1 unspecified atom stereocenters. The van der Waals surface area contributed by atoms with Crippen molar-refractivity contribution in [1.29, 1.82) is 0 Å². The van der Waals surface area contributed by atoms with Crippen LogP contribution >= 0.6 is 0 Å². The van der Waals surface area contributed by atoms with E-state index < -0.39 is 0 Å². The summed E-state index contributed by atoms with van der Waals surface area (Å²) in [7, 11) is 3.54. The van der Waals surface area contributed by atoms with Crippen molar-refractivity contribution in [2.45, 2.75) is 32.9 Å². The lowest BCUT2D eigenvalue weighted by Gasteiger charge is -2.25. The first-order valence-corrected chi connectivity index (χ1v) is 6.23. The molecule has 0 spiro atoms. The number of hydrogen-bond acceptors (Lipinski definition) is 3. The second kappa shape index (κ2) is 6.59. The highest BCUT2D eigenvalue weighted by Crippen LogP contribution is 2.23. The summed E-state index contributed by atoms with van der Waals surface area (Å²) < 4.78 is 19.0. The summed E-state index contributed by atoms with van der Waals surface area (Å²) in [5, 5.41) is 3.20. The Bertz CT molecular complexity index is 382. The summed E-state index contributed by atoms with van der Waals surface area (Å²) in [6, 6.07) is 5.65. The zero-order chi connectivity index (χ0) is 13.7. The quantitative estimate of drug-likeness (QED) is 0.844. The molecule has 0 fully saturated rings. The highest BCUT2D eigenvalue weighted by Gasteiger charge is 2.11. The Morgan fingerprint density at radius 1 is 1.33 bits per heavy atom. The van der Waals surface area contributed by atoms with Gasteiger partial charge in [0.15, 0.2) is 0 Å². The number of ether oxygens (including phenoxy) is 1. The maximum absolute atomic E-state index is 14.0. The molecule has 0 aliphatic carbocycles. The van der Waals surface area contributed by atoms with Crippen LogP contribution in [0.15, 0.2) is 18.2 Å². The monoisotopic (exact) mass is 254 g/mol. The minimum absolute atomic E-state index is 0.156. The third kappa shape index (κ3) is 3.88. The maximum Gasteiger partial charge on any atom is 0.148 e. The van der Waals surface area contributed by atoms with Crippen molar-refractivity contribution in [3.63, 3.8) is 0 Å². The lowest BCUT2D eigenvalue weighted by Crippen LogP contribution is -2.26. The molecule has 1 N–H and O–H groups in total. The molecule has 0 aliphatic rings. The van der Waals surface area contributed by atoms with E-state index in [0.717, 1.165) is 5.69 Å². The second-order valence-electron chi connectivity index (χ2n) is 4.87. The van der Waals surface area contributed by atoms with Gasteiger partial charge in [0.1, 0.15) is 5.82 Å². The first-order valence-electron chi connectivity index (χ1n) is 6.23. The van der Waals surface area contributed by atoms with E-state index in [9.17, 15) is 4.39 Å². The van der Waals surface area contributed by atoms with Gasteiger partial charge in [0.05, 0.1) is 12.3 Å². The Balaban J connectivity index is 2.79. The van der Waals surface area contributed by atoms with Gasteiger partial charge in [-0.3, -0.25) is 0 Å². The summed E-state index contributed by atoms with van der Waals surface area (Å²) >= 11 is 0. The minimum atomic E-state index is -0.208. The van der Waals surface area contributed by atoms with Crippen LogP contribution in [0.25, 0.3) is 0 Å². The Morgan fingerprint density at radius 2 is 2.00 bits per heavy atom. The fourth-order valence-electron chi connectivity index (χ4n) is 1.74. The van der Waals surface area contributed by atoms with Crippen molar-refractivity contribution in [2.75, 3.05) is 31.0 Å². The summed E-state index contributed by atoms with van der Waals surface area (Å²) in [5.41, 5.74) is 1.40. The van der Waals surface area contributed by atoms with Gasteiger partial charge in [0.25, 0.3) is 0 Å². The molecule has 3 nitrogen and oxygen atoms in total. The third-order valence-corrected chi connectivity index (χ3v) is 2.93. The fourth-order valence-corrected chi connectivity index (χ4v) is 1.74. The molecule has 0 amide bonds. The maximum atomic E-state index is 14.0. The fraction of sp³-hybridized carbons (Fsp3) is 0.571. The molecule has 0 saturated carbocycles. The van der Waals surface area contributed by atoms with Gasteiger partial charge in [-0.2, -0.15) is 0 Å². The molecule has 18 heavy (non-hydrogen) atoms. The number of benzene rings is 1. The molecule has 0 aliphatic heterocycles. The predicted octanol–water partition coefficient (Wildman–Crippen LogP) is 3.12. The number of nitrogens with zero attached hydrogens (tertiary/aromatic N) is 1. The van der Waals surface area contributed by atoms with E-state index in [-0.39, 0.29) is 17.9 Å². The first kappa shape index (κ1) is 14.8. The van der Waals surface area contributed by atoms with Gasteiger partial charge < -0.3 is 15.0 Å². The molecule has 1 aromatic carbocycles. The van der Waals surface area contributed by atoms with Gasteiger partial charge >= 0.3 is 0 Å². The van der Waals surface area contributed by atoms with E-state index in [2.05, 4.69) is 5.32 Å². The van der Waals surface area contributed by atoms with Gasteiger partial charge in [-0.25, -0.2) is 4.39 Å². The zero-order valence-electron chi connectivity index (χ0n) is 11.8. The molecule has 102 valence electrons. The van der Waals surface area contributed by atoms with Crippen LogP contribution in [0.4, 0.5) is 15.8 Å². The Morgan fingerprint density at radius 3 is 2.50 bits per heavy atom. The molecule has 0 bridgehead atoms. The van der Waals surface area contributed by atoms with Crippen LogP contribution in [-0.4, -0.2) is 32.8 Å². The van der Waals surface area contributed by atoms with Gasteiger partial charge in [-0.15, -0.1) is 0 Å². The number of methoxy groups -OCH3 is 1. The molecular formula is C14H23FN2O. The molecule has 0 heterocycles. The molecule has 0 radical (unpaired) electrons. The van der Waals surface area contributed by atoms with Crippen LogP contribution in [0.3, 0.4) is 0 Å². The summed E-state index contributed by atoms with van der Waals surface area (Å²) in [6.45, 7) is 6.66. The van der Waals surface area contributed by atoms with E-state index in [1.807, 2.05) is 38.8 Å². The van der Waals surface area contributed by atoms with Gasteiger partial charge in [0.2, 0.25) is 0 Å². The Hall–Kier alpha value is -1.29. The molecule has 1 atom stereocenters. The van der Waals surface area contributed by atoms with Crippen LogP contribution < -0.4 is 10.2 Å². The zero-order valence-corrected chi connectivity index (χ0v) is 11.8. The van der Waals surface area contributed by atoms with Crippen LogP contribution in [0, 0.1) is 5.82 Å². The topological polar surface area (TPSA) is 24.5 Å². The normalized spacial score (nSPS) is 12.6. The van der Waals surface area contributed by atoms with Crippen LogP contribution in [0.1, 0.15) is 20.8 Å². The average Bonchev–Trinajstić information content (AvgIpc) is 2.28. The van der Waals surface area contributed by atoms with Crippen molar-refractivity contribution in [1.82, 2.24) is 0 Å². The molecule has 1 aromatic rings. The largest absolute Gasteiger partial charge is 0.383 e. The first-order chi connectivity index (χ1) is 8.45. The van der Waals surface area contributed by atoms with E-state index in [1.54, 1.807) is 13.2 Å². The third-order valence-electron chi connectivity index (χ3n) is 2.93. The lowest BCUT2D eigenvalue weighted by molar-refractivity contribution is 0.190. The van der Waals surface area contributed by atoms with Crippen molar-refractivity contribution in [2.24, 2.45) is 0 Å². The van der Waals surface area contributed by atoms with Crippen molar-refractivity contribution >= 4 is 11.4 Å². The highest BCUT2D eigenvalue weighted by molar-refractivity contribution is 5.56.